The molecule has 0 spiro atoms. The standard InChI is InChI=1S/C15H22N4O2/c1-10(2)6-18(9-14(20)21)7-13-8-19-12(4)5-11(3)16-15(19)17-13/h5,8,10H,6-7,9H2,1-4H3,(H,20,21). The van der Waals surface area contributed by atoms with Crippen molar-refractivity contribution in [1.29, 1.82) is 0 Å². The molecule has 0 aliphatic carbocycles. The van der Waals surface area contributed by atoms with Gasteiger partial charge in [-0.2, -0.15) is 0 Å². The van der Waals surface area contributed by atoms with Crippen LogP contribution >= 0.6 is 0 Å². The fourth-order valence-corrected chi connectivity index (χ4v) is 2.52. The summed E-state index contributed by atoms with van der Waals surface area (Å²) in [6, 6.07) is 2.00. The van der Waals surface area contributed by atoms with E-state index >= 15 is 0 Å². The first-order chi connectivity index (χ1) is 9.85. The molecule has 0 aliphatic heterocycles. The van der Waals surface area contributed by atoms with Crippen LogP contribution in [0.4, 0.5) is 0 Å². The van der Waals surface area contributed by atoms with Gasteiger partial charge in [0.2, 0.25) is 5.78 Å². The third-order valence-electron chi connectivity index (χ3n) is 3.18. The summed E-state index contributed by atoms with van der Waals surface area (Å²) >= 11 is 0. The SMILES string of the molecule is Cc1cc(C)n2cc(CN(CC(=O)O)CC(C)C)nc2n1. The number of aromatic nitrogens is 3. The molecule has 0 fully saturated rings. The Balaban J connectivity index is 2.23. The van der Waals surface area contributed by atoms with Crippen molar-refractivity contribution in [2.24, 2.45) is 5.92 Å². The summed E-state index contributed by atoms with van der Waals surface area (Å²) in [6.45, 7) is 9.38. The largest absolute Gasteiger partial charge is 0.480 e. The second kappa shape index (κ2) is 6.22. The Hall–Kier alpha value is -1.95. The van der Waals surface area contributed by atoms with Crippen molar-refractivity contribution in [2.75, 3.05) is 13.1 Å². The lowest BCUT2D eigenvalue weighted by molar-refractivity contribution is -0.138. The second-order valence-electron chi connectivity index (χ2n) is 5.90. The van der Waals surface area contributed by atoms with E-state index in [9.17, 15) is 4.79 Å². The van der Waals surface area contributed by atoms with Gasteiger partial charge < -0.3 is 5.11 Å². The summed E-state index contributed by atoms with van der Waals surface area (Å²) in [4.78, 5) is 21.8. The molecule has 0 unspecified atom stereocenters. The lowest BCUT2D eigenvalue weighted by Gasteiger charge is -2.21. The first-order valence-electron chi connectivity index (χ1n) is 7.11. The Morgan fingerprint density at radius 1 is 1.38 bits per heavy atom. The molecule has 0 radical (unpaired) electrons. The Morgan fingerprint density at radius 2 is 2.10 bits per heavy atom. The van der Waals surface area contributed by atoms with E-state index in [0.717, 1.165) is 23.6 Å². The third kappa shape index (κ3) is 4.01. The highest BCUT2D eigenvalue weighted by Gasteiger charge is 2.14. The molecule has 6 nitrogen and oxygen atoms in total. The van der Waals surface area contributed by atoms with Crippen LogP contribution in [-0.4, -0.2) is 43.4 Å². The molecule has 0 aromatic carbocycles. The summed E-state index contributed by atoms with van der Waals surface area (Å²) in [5.74, 6) is 0.260. The number of aliphatic carboxylic acids is 1. The molecule has 2 rings (SSSR count). The van der Waals surface area contributed by atoms with E-state index < -0.39 is 5.97 Å². The van der Waals surface area contributed by atoms with Crippen LogP contribution in [0.5, 0.6) is 0 Å². The molecule has 2 aromatic heterocycles. The van der Waals surface area contributed by atoms with Gasteiger partial charge in [0, 0.05) is 30.7 Å². The van der Waals surface area contributed by atoms with E-state index in [1.807, 2.05) is 35.4 Å². The minimum Gasteiger partial charge on any atom is -0.480 e. The van der Waals surface area contributed by atoms with Gasteiger partial charge in [-0.3, -0.25) is 14.1 Å². The van der Waals surface area contributed by atoms with E-state index in [0.29, 0.717) is 18.2 Å². The van der Waals surface area contributed by atoms with E-state index in [-0.39, 0.29) is 6.54 Å². The van der Waals surface area contributed by atoms with Gasteiger partial charge in [-0.25, -0.2) is 9.97 Å². The normalized spacial score (nSPS) is 11.7. The molecule has 1 N–H and O–H groups in total. The monoisotopic (exact) mass is 290 g/mol. The lowest BCUT2D eigenvalue weighted by Crippen LogP contribution is -2.32. The van der Waals surface area contributed by atoms with Gasteiger partial charge >= 0.3 is 5.97 Å². The number of hydrogen-bond acceptors (Lipinski definition) is 4. The average molecular weight is 290 g/mol. The molecule has 0 amide bonds. The maximum absolute atomic E-state index is 11.0. The van der Waals surface area contributed by atoms with Crippen LogP contribution in [0.3, 0.4) is 0 Å². The number of nitrogens with zero attached hydrogens (tertiary/aromatic N) is 4. The highest BCUT2D eigenvalue weighted by Crippen LogP contribution is 2.11. The van der Waals surface area contributed by atoms with Crippen LogP contribution in [-0.2, 0) is 11.3 Å². The number of imidazole rings is 1. The molecule has 0 aliphatic rings. The number of hydrogen-bond donors (Lipinski definition) is 1. The zero-order valence-corrected chi connectivity index (χ0v) is 13.0. The Labute approximate surface area is 124 Å². The maximum atomic E-state index is 11.0. The van der Waals surface area contributed by atoms with E-state index in [2.05, 4.69) is 23.8 Å². The maximum Gasteiger partial charge on any atom is 0.317 e. The van der Waals surface area contributed by atoms with Crippen molar-refractivity contribution in [3.8, 4) is 0 Å². The molecule has 0 saturated heterocycles. The summed E-state index contributed by atoms with van der Waals surface area (Å²) in [5.41, 5.74) is 2.85. The van der Waals surface area contributed by atoms with E-state index in [1.54, 1.807) is 0 Å². The molecular formula is C15H22N4O2. The molecular weight excluding hydrogens is 268 g/mol. The first kappa shape index (κ1) is 15.4. The van der Waals surface area contributed by atoms with Crippen molar-refractivity contribution in [2.45, 2.75) is 34.2 Å². The number of carboxylic acids is 1. The average Bonchev–Trinajstić information content (AvgIpc) is 2.69. The smallest absolute Gasteiger partial charge is 0.317 e. The van der Waals surface area contributed by atoms with Gasteiger partial charge in [-0.15, -0.1) is 0 Å². The molecule has 21 heavy (non-hydrogen) atoms. The quantitative estimate of drug-likeness (QED) is 0.879. The van der Waals surface area contributed by atoms with Crippen molar-refractivity contribution in [3.05, 3.63) is 29.3 Å². The second-order valence-corrected chi connectivity index (χ2v) is 5.90. The number of rotatable bonds is 6. The first-order valence-corrected chi connectivity index (χ1v) is 7.11. The number of aryl methyl sites for hydroxylation is 2. The molecule has 2 heterocycles. The molecule has 0 bridgehead atoms. The third-order valence-corrected chi connectivity index (χ3v) is 3.18. The van der Waals surface area contributed by atoms with Crippen molar-refractivity contribution in [1.82, 2.24) is 19.3 Å². The van der Waals surface area contributed by atoms with Crippen molar-refractivity contribution < 1.29 is 9.90 Å². The van der Waals surface area contributed by atoms with Crippen LogP contribution in [0.25, 0.3) is 5.78 Å². The van der Waals surface area contributed by atoms with Crippen LogP contribution in [0.2, 0.25) is 0 Å². The predicted molar refractivity (Wildman–Crippen MR) is 80.2 cm³/mol. The topological polar surface area (TPSA) is 70.7 Å². The summed E-state index contributed by atoms with van der Waals surface area (Å²) in [7, 11) is 0. The van der Waals surface area contributed by atoms with Crippen LogP contribution in [0.15, 0.2) is 12.3 Å². The predicted octanol–water partition coefficient (Wildman–Crippen LogP) is 1.89. The number of fused-ring (bicyclic) bond motifs is 1. The molecule has 0 saturated carbocycles. The van der Waals surface area contributed by atoms with Crippen LogP contribution in [0, 0.1) is 19.8 Å². The fourth-order valence-electron chi connectivity index (χ4n) is 2.52. The van der Waals surface area contributed by atoms with E-state index in [1.165, 1.54) is 0 Å². The van der Waals surface area contributed by atoms with Crippen molar-refractivity contribution in [3.63, 3.8) is 0 Å². The van der Waals surface area contributed by atoms with Gasteiger partial charge in [0.15, 0.2) is 0 Å². The zero-order chi connectivity index (χ0) is 15.6. The molecule has 2 aromatic rings. The van der Waals surface area contributed by atoms with Crippen molar-refractivity contribution >= 4 is 11.7 Å². The van der Waals surface area contributed by atoms with Gasteiger partial charge in [0.05, 0.1) is 12.2 Å². The molecule has 0 atom stereocenters. The summed E-state index contributed by atoms with van der Waals surface area (Å²) < 4.78 is 1.94. The van der Waals surface area contributed by atoms with E-state index in [4.69, 9.17) is 5.11 Å². The Morgan fingerprint density at radius 3 is 2.71 bits per heavy atom. The molecule has 114 valence electrons. The van der Waals surface area contributed by atoms with Crippen LogP contribution in [0.1, 0.15) is 30.9 Å². The summed E-state index contributed by atoms with van der Waals surface area (Å²) in [5, 5.41) is 9.02. The lowest BCUT2D eigenvalue weighted by atomic mass is 10.2. The fraction of sp³-hybridized carbons (Fsp3) is 0.533. The van der Waals surface area contributed by atoms with Gasteiger partial charge in [-0.05, 0) is 25.8 Å². The number of carbonyl (C=O) groups is 1. The minimum atomic E-state index is -0.815. The Bertz CT molecular complexity index is 648. The minimum absolute atomic E-state index is 0.0253. The summed E-state index contributed by atoms with van der Waals surface area (Å²) in [6.07, 6.45) is 1.94. The van der Waals surface area contributed by atoms with Gasteiger partial charge in [0.25, 0.3) is 0 Å². The van der Waals surface area contributed by atoms with Gasteiger partial charge in [-0.1, -0.05) is 13.8 Å². The Kier molecular flexibility index (Phi) is 4.57. The van der Waals surface area contributed by atoms with Crippen LogP contribution < -0.4 is 0 Å². The number of carboxylic acid groups (broad SMARTS) is 1. The zero-order valence-electron chi connectivity index (χ0n) is 13.0. The highest BCUT2D eigenvalue weighted by molar-refractivity contribution is 5.69. The highest BCUT2D eigenvalue weighted by atomic mass is 16.4. The van der Waals surface area contributed by atoms with Gasteiger partial charge in [0.1, 0.15) is 0 Å². The molecule has 6 heteroatoms.